The van der Waals surface area contributed by atoms with Crippen molar-refractivity contribution >= 4 is 47.3 Å². The number of rotatable bonds is 15. The van der Waals surface area contributed by atoms with Gasteiger partial charge in [-0.1, -0.05) is 0 Å². The lowest BCUT2D eigenvalue weighted by Gasteiger charge is -2.29. The summed E-state index contributed by atoms with van der Waals surface area (Å²) in [6.07, 6.45) is 3.02. The second kappa shape index (κ2) is 15.0. The third-order valence-corrected chi connectivity index (χ3v) is 6.03. The highest BCUT2D eigenvalue weighted by Gasteiger charge is 2.38. The highest BCUT2D eigenvalue weighted by Crippen LogP contribution is 2.20. The van der Waals surface area contributed by atoms with Crippen molar-refractivity contribution in [2.24, 2.45) is 27.9 Å². The molecule has 1 saturated heterocycles. The maximum absolute atomic E-state index is 13.1. The molecule has 198 valence electrons. The summed E-state index contributed by atoms with van der Waals surface area (Å²) in [6, 6.07) is -4.28. The van der Waals surface area contributed by atoms with E-state index in [1.54, 1.807) is 0 Å². The van der Waals surface area contributed by atoms with E-state index in [0.29, 0.717) is 25.0 Å². The van der Waals surface area contributed by atoms with Gasteiger partial charge in [0.2, 0.25) is 23.6 Å². The zero-order valence-corrected chi connectivity index (χ0v) is 20.6. The van der Waals surface area contributed by atoms with Crippen molar-refractivity contribution < 1.29 is 29.1 Å². The minimum atomic E-state index is -1.25. The molecule has 0 aromatic carbocycles. The maximum Gasteiger partial charge on any atom is 0.326 e. The van der Waals surface area contributed by atoms with E-state index in [4.69, 9.17) is 22.9 Å². The summed E-state index contributed by atoms with van der Waals surface area (Å²) in [5.74, 6) is -3.37. The minimum Gasteiger partial charge on any atom is -0.480 e. The Morgan fingerprint density at radius 1 is 1.09 bits per heavy atom. The van der Waals surface area contributed by atoms with Crippen LogP contribution in [0.2, 0.25) is 0 Å². The number of carbonyl (C=O) groups excluding carboxylic acids is 4. The average Bonchev–Trinajstić information content (AvgIpc) is 3.27. The van der Waals surface area contributed by atoms with Gasteiger partial charge in [0, 0.05) is 13.1 Å². The van der Waals surface area contributed by atoms with Crippen LogP contribution in [0.15, 0.2) is 4.99 Å². The fourth-order valence-corrected chi connectivity index (χ4v) is 4.08. The van der Waals surface area contributed by atoms with E-state index in [2.05, 4.69) is 15.6 Å². The summed E-state index contributed by atoms with van der Waals surface area (Å²) in [7, 11) is 0. The normalized spacial score (nSPS) is 17.7. The predicted molar refractivity (Wildman–Crippen MR) is 131 cm³/mol. The average molecular weight is 517 g/mol. The number of amides is 4. The Balaban J connectivity index is 3.00. The number of carboxylic acid groups (broad SMARTS) is 1. The fraction of sp³-hybridized carbons (Fsp3) is 0.700. The Labute approximate surface area is 208 Å². The van der Waals surface area contributed by atoms with Crippen LogP contribution in [-0.2, 0) is 24.0 Å². The van der Waals surface area contributed by atoms with Crippen molar-refractivity contribution in [3.63, 3.8) is 0 Å². The van der Waals surface area contributed by atoms with Crippen molar-refractivity contribution in [2.45, 2.75) is 62.7 Å². The van der Waals surface area contributed by atoms with Crippen LogP contribution in [0, 0.1) is 0 Å². The van der Waals surface area contributed by atoms with Crippen LogP contribution in [0.3, 0.4) is 0 Å². The summed E-state index contributed by atoms with van der Waals surface area (Å²) >= 11 is 1.47. The Bertz CT molecular complexity index is 806. The van der Waals surface area contributed by atoms with Crippen molar-refractivity contribution in [1.29, 1.82) is 0 Å². The topological polar surface area (TPSA) is 249 Å². The van der Waals surface area contributed by atoms with Gasteiger partial charge in [-0.25, -0.2) is 4.79 Å². The number of thioether (sulfide) groups is 1. The molecule has 0 radical (unpaired) electrons. The van der Waals surface area contributed by atoms with Crippen LogP contribution in [0.5, 0.6) is 0 Å². The molecule has 0 aromatic heterocycles. The third-order valence-electron chi connectivity index (χ3n) is 5.38. The Hall–Kier alpha value is -3.07. The molecule has 0 saturated carbocycles. The van der Waals surface area contributed by atoms with Gasteiger partial charge >= 0.3 is 5.97 Å². The van der Waals surface area contributed by atoms with Crippen molar-refractivity contribution in [2.75, 3.05) is 25.1 Å². The summed E-state index contributed by atoms with van der Waals surface area (Å²) in [4.78, 5) is 66.4. The summed E-state index contributed by atoms with van der Waals surface area (Å²) in [5, 5.41) is 14.6. The van der Waals surface area contributed by atoms with Crippen LogP contribution >= 0.6 is 11.8 Å². The molecule has 1 heterocycles. The van der Waals surface area contributed by atoms with Gasteiger partial charge in [0.05, 0.1) is 12.5 Å². The summed E-state index contributed by atoms with van der Waals surface area (Å²) in [5.41, 5.74) is 21.4. The van der Waals surface area contributed by atoms with Gasteiger partial charge in [-0.2, -0.15) is 11.8 Å². The molecule has 15 heteroatoms. The monoisotopic (exact) mass is 516 g/mol. The molecule has 0 bridgehead atoms. The Morgan fingerprint density at radius 2 is 1.74 bits per heavy atom. The van der Waals surface area contributed by atoms with Gasteiger partial charge in [0.1, 0.15) is 18.1 Å². The van der Waals surface area contributed by atoms with Gasteiger partial charge in [-0.05, 0) is 44.1 Å². The maximum atomic E-state index is 13.1. The van der Waals surface area contributed by atoms with E-state index >= 15 is 0 Å². The molecule has 35 heavy (non-hydrogen) atoms. The first-order valence-electron chi connectivity index (χ1n) is 11.2. The first-order valence-corrected chi connectivity index (χ1v) is 12.6. The first-order chi connectivity index (χ1) is 16.5. The molecule has 0 aromatic rings. The molecule has 4 unspecified atom stereocenters. The number of carbonyl (C=O) groups is 5. The van der Waals surface area contributed by atoms with Crippen LogP contribution in [-0.4, -0.2) is 94.8 Å². The lowest BCUT2D eigenvalue weighted by atomic mass is 10.1. The van der Waals surface area contributed by atoms with Crippen LogP contribution < -0.4 is 33.6 Å². The molecule has 1 aliphatic rings. The molecule has 14 nitrogen and oxygen atoms in total. The molecule has 0 spiro atoms. The van der Waals surface area contributed by atoms with Crippen LogP contribution in [0.25, 0.3) is 0 Å². The third kappa shape index (κ3) is 10.4. The number of aliphatic carboxylic acids is 1. The van der Waals surface area contributed by atoms with E-state index in [0.717, 1.165) is 0 Å². The minimum absolute atomic E-state index is 0.114. The number of guanidine groups is 1. The quantitative estimate of drug-likeness (QED) is 0.0661. The molecule has 1 fully saturated rings. The van der Waals surface area contributed by atoms with Gasteiger partial charge < -0.3 is 43.6 Å². The van der Waals surface area contributed by atoms with Crippen LogP contribution in [0.1, 0.15) is 38.5 Å². The van der Waals surface area contributed by atoms with Crippen molar-refractivity contribution in [3.8, 4) is 0 Å². The molecule has 4 amide bonds. The first kappa shape index (κ1) is 30.0. The molecule has 0 aliphatic carbocycles. The van der Waals surface area contributed by atoms with Gasteiger partial charge in [-0.3, -0.25) is 24.2 Å². The number of nitrogens with two attached hydrogens (primary N) is 4. The fourth-order valence-electron chi connectivity index (χ4n) is 3.61. The smallest absolute Gasteiger partial charge is 0.326 e. The van der Waals surface area contributed by atoms with E-state index < -0.39 is 60.2 Å². The molecule has 4 atom stereocenters. The molecule has 1 aliphatic heterocycles. The summed E-state index contributed by atoms with van der Waals surface area (Å²) in [6.45, 7) is 0.473. The highest BCUT2D eigenvalue weighted by atomic mass is 32.2. The van der Waals surface area contributed by atoms with Crippen LogP contribution in [0.4, 0.5) is 0 Å². The lowest BCUT2D eigenvalue weighted by Crippen LogP contribution is -2.57. The number of aliphatic imine (C=N–C) groups is 1. The number of nitrogens with one attached hydrogen (secondary N) is 2. The van der Waals surface area contributed by atoms with Gasteiger partial charge in [0.25, 0.3) is 0 Å². The Morgan fingerprint density at radius 3 is 2.31 bits per heavy atom. The highest BCUT2D eigenvalue weighted by molar-refractivity contribution is 7.98. The molecule has 1 rings (SSSR count). The van der Waals surface area contributed by atoms with E-state index in [1.165, 1.54) is 16.7 Å². The van der Waals surface area contributed by atoms with Crippen molar-refractivity contribution in [1.82, 2.24) is 15.5 Å². The molecular formula is C20H36N8O6S. The second-order valence-corrected chi connectivity index (χ2v) is 9.14. The lowest BCUT2D eigenvalue weighted by molar-refractivity contribution is -0.149. The van der Waals surface area contributed by atoms with Gasteiger partial charge in [0.15, 0.2) is 5.96 Å². The zero-order chi connectivity index (χ0) is 26.5. The second-order valence-electron chi connectivity index (χ2n) is 8.16. The Kier molecular flexibility index (Phi) is 12.9. The number of likely N-dealkylation sites (tertiary alicyclic amines) is 1. The number of hydrogen-bond donors (Lipinski definition) is 7. The number of nitrogens with zero attached hydrogens (tertiary/aromatic N) is 2. The van der Waals surface area contributed by atoms with Crippen molar-refractivity contribution in [3.05, 3.63) is 0 Å². The number of primary amides is 1. The van der Waals surface area contributed by atoms with Gasteiger partial charge in [-0.15, -0.1) is 0 Å². The predicted octanol–water partition coefficient (Wildman–Crippen LogP) is -2.96. The molecule has 11 N–H and O–H groups in total. The van der Waals surface area contributed by atoms with E-state index in [1.807, 2.05) is 6.26 Å². The van der Waals surface area contributed by atoms with E-state index in [-0.39, 0.29) is 31.9 Å². The number of hydrogen-bond acceptors (Lipinski definition) is 8. The largest absolute Gasteiger partial charge is 0.480 e. The zero-order valence-electron chi connectivity index (χ0n) is 19.8. The summed E-state index contributed by atoms with van der Waals surface area (Å²) < 4.78 is 0. The molecular weight excluding hydrogens is 480 g/mol. The standard InChI is InChI=1S/C20H36N8O6S/c1-35-9-6-13(18(32)28-8-3-5-14(28)19(33)34)27-17(31)12(4-2-7-25-20(23)24)26-16(30)11(21)10-15(22)29/h11-14H,2-10,21H2,1H3,(H2,22,29)(H,26,30)(H,27,31)(H,33,34)(H4,23,24,25). The van der Waals surface area contributed by atoms with E-state index in [9.17, 15) is 29.1 Å². The SMILES string of the molecule is CSCCC(NC(=O)C(CCCN=C(N)N)NC(=O)C(N)CC(N)=O)C(=O)N1CCCC1C(=O)O. The number of carboxylic acids is 1.